The fourth-order valence-electron chi connectivity index (χ4n) is 4.85. The van der Waals surface area contributed by atoms with E-state index in [1.54, 1.807) is 16.6 Å². The smallest absolute Gasteiger partial charge is 0.259 e. The number of amides is 2. The van der Waals surface area contributed by atoms with Crippen LogP contribution in [0.3, 0.4) is 0 Å². The summed E-state index contributed by atoms with van der Waals surface area (Å²) in [5.74, 6) is -0.249. The number of para-hydroxylation sites is 1. The summed E-state index contributed by atoms with van der Waals surface area (Å²) >= 11 is 0. The van der Waals surface area contributed by atoms with Gasteiger partial charge in [0.2, 0.25) is 5.91 Å². The fourth-order valence-corrected chi connectivity index (χ4v) is 4.85. The van der Waals surface area contributed by atoms with Crippen molar-refractivity contribution in [1.82, 2.24) is 19.6 Å². The molecule has 1 saturated heterocycles. The zero-order chi connectivity index (χ0) is 26.4. The summed E-state index contributed by atoms with van der Waals surface area (Å²) in [4.78, 5) is 33.7. The number of aromatic nitrogens is 2. The first-order valence-corrected chi connectivity index (χ1v) is 12.5. The number of likely N-dealkylation sites (tertiary alicyclic amines) is 1. The average Bonchev–Trinajstić information content (AvgIpc) is 3.36. The van der Waals surface area contributed by atoms with Crippen LogP contribution >= 0.6 is 0 Å². The molecule has 0 radical (unpaired) electrons. The first-order valence-electron chi connectivity index (χ1n) is 12.5. The topological polar surface area (TPSA) is 117 Å². The van der Waals surface area contributed by atoms with Crippen LogP contribution in [0.1, 0.15) is 28.8 Å². The predicted octanol–water partition coefficient (Wildman–Crippen LogP) is 2.45. The lowest BCUT2D eigenvalue weighted by atomic mass is 9.89. The molecule has 0 unspecified atom stereocenters. The molecule has 2 amide bonds. The molecule has 0 aliphatic carbocycles. The Morgan fingerprint density at radius 2 is 1.76 bits per heavy atom. The van der Waals surface area contributed by atoms with E-state index in [4.69, 9.17) is 5.73 Å². The van der Waals surface area contributed by atoms with Gasteiger partial charge in [0.15, 0.2) is 5.82 Å². The van der Waals surface area contributed by atoms with Crippen molar-refractivity contribution in [2.45, 2.75) is 24.9 Å². The number of aliphatic imine (C=N–C) groups is 1. The number of hydrogen-bond acceptors (Lipinski definition) is 6. The molecular weight excluding hydrogens is 468 g/mol. The molecule has 9 nitrogen and oxygen atoms in total. The Kier molecular flexibility index (Phi) is 8.15. The second-order valence-electron chi connectivity index (χ2n) is 9.62. The van der Waals surface area contributed by atoms with Crippen molar-refractivity contribution in [3.05, 3.63) is 78.0 Å². The van der Waals surface area contributed by atoms with Gasteiger partial charge in [-0.25, -0.2) is 9.67 Å². The molecule has 1 aromatic heterocycles. The molecule has 1 aliphatic rings. The second kappa shape index (κ2) is 11.5. The molecular formula is C28H34N6O3. The van der Waals surface area contributed by atoms with Crippen molar-refractivity contribution in [1.29, 1.82) is 0 Å². The number of rotatable bonds is 9. The molecule has 2 heterocycles. The normalized spacial score (nSPS) is 15.7. The number of hydrogen-bond donors (Lipinski definition) is 2. The summed E-state index contributed by atoms with van der Waals surface area (Å²) in [5.41, 5.74) is 6.99. The Bertz CT molecular complexity index is 1220. The van der Waals surface area contributed by atoms with Gasteiger partial charge in [-0.3, -0.25) is 9.59 Å². The third-order valence-electron chi connectivity index (χ3n) is 6.97. The van der Waals surface area contributed by atoms with Crippen molar-refractivity contribution in [3.8, 4) is 5.69 Å². The lowest BCUT2D eigenvalue weighted by Crippen LogP contribution is -2.53. The predicted molar refractivity (Wildman–Crippen MR) is 143 cm³/mol. The fraction of sp³-hybridized carbons (Fsp3) is 0.357. The highest BCUT2D eigenvalue weighted by atomic mass is 16.3. The van der Waals surface area contributed by atoms with E-state index in [1.165, 1.54) is 11.1 Å². The first kappa shape index (κ1) is 26.2. The van der Waals surface area contributed by atoms with Gasteiger partial charge < -0.3 is 20.6 Å². The highest BCUT2D eigenvalue weighted by molar-refractivity contribution is 5.98. The lowest BCUT2D eigenvalue weighted by molar-refractivity contribution is -0.139. The Balaban J connectivity index is 1.37. The number of nitrogens with two attached hydrogens (primary N) is 1. The number of carbonyl (C=O) groups excluding carboxylic acids is 2. The molecule has 1 fully saturated rings. The quantitative estimate of drug-likeness (QED) is 0.436. The van der Waals surface area contributed by atoms with Crippen molar-refractivity contribution >= 4 is 24.3 Å². The molecule has 3 aromatic rings. The first-order chi connectivity index (χ1) is 17.8. The minimum atomic E-state index is -1.10. The summed E-state index contributed by atoms with van der Waals surface area (Å²) < 4.78 is 1.57. The number of aliphatic hydroxyl groups is 1. The second-order valence-corrected chi connectivity index (χ2v) is 9.62. The molecule has 0 bridgehead atoms. The lowest BCUT2D eigenvalue weighted by Gasteiger charge is -2.41. The Labute approximate surface area is 217 Å². The third kappa shape index (κ3) is 5.95. The maximum Gasteiger partial charge on any atom is 0.259 e. The van der Waals surface area contributed by atoms with Crippen LogP contribution in [0, 0.1) is 5.92 Å². The van der Waals surface area contributed by atoms with Crippen LogP contribution in [-0.2, 0) is 11.2 Å². The zero-order valence-corrected chi connectivity index (χ0v) is 21.2. The summed E-state index contributed by atoms with van der Waals surface area (Å²) in [6.07, 6.45) is 2.80. The van der Waals surface area contributed by atoms with Gasteiger partial charge in [0.25, 0.3) is 5.91 Å². The van der Waals surface area contributed by atoms with Crippen LogP contribution < -0.4 is 5.73 Å². The molecule has 3 N–H and O–H groups in total. The molecule has 0 spiro atoms. The van der Waals surface area contributed by atoms with E-state index in [0.29, 0.717) is 43.7 Å². The van der Waals surface area contributed by atoms with Gasteiger partial charge in [-0.15, -0.1) is 0 Å². The highest BCUT2D eigenvalue weighted by Crippen LogP contribution is 2.28. The van der Waals surface area contributed by atoms with Gasteiger partial charge in [0.1, 0.15) is 5.56 Å². The van der Waals surface area contributed by atoms with Gasteiger partial charge in [0, 0.05) is 33.2 Å². The Morgan fingerprint density at radius 3 is 2.35 bits per heavy atom. The summed E-state index contributed by atoms with van der Waals surface area (Å²) in [7, 11) is 1.65. The Hall–Kier alpha value is -3.82. The van der Waals surface area contributed by atoms with Crippen LogP contribution in [0.25, 0.3) is 5.69 Å². The highest BCUT2D eigenvalue weighted by Gasteiger charge is 2.37. The van der Waals surface area contributed by atoms with Crippen molar-refractivity contribution in [2.75, 3.05) is 33.2 Å². The van der Waals surface area contributed by atoms with Gasteiger partial charge in [-0.05, 0) is 43.7 Å². The van der Waals surface area contributed by atoms with Gasteiger partial charge in [-0.2, -0.15) is 5.10 Å². The van der Waals surface area contributed by atoms with E-state index >= 15 is 0 Å². The molecule has 1 aliphatic heterocycles. The molecule has 9 heteroatoms. The number of nitrogens with zero attached hydrogens (tertiary/aromatic N) is 5. The summed E-state index contributed by atoms with van der Waals surface area (Å²) in [6.45, 7) is 4.83. The minimum absolute atomic E-state index is 0.00728. The van der Waals surface area contributed by atoms with Gasteiger partial charge in [-0.1, -0.05) is 48.5 Å². The zero-order valence-electron chi connectivity index (χ0n) is 21.2. The van der Waals surface area contributed by atoms with Crippen molar-refractivity contribution in [3.63, 3.8) is 0 Å². The van der Waals surface area contributed by atoms with E-state index in [2.05, 4.69) is 16.8 Å². The maximum absolute atomic E-state index is 13.3. The van der Waals surface area contributed by atoms with Crippen LogP contribution in [0.4, 0.5) is 5.82 Å². The summed E-state index contributed by atoms with van der Waals surface area (Å²) in [6, 6.07) is 19.2. The van der Waals surface area contributed by atoms with Gasteiger partial charge in [0.05, 0.1) is 23.4 Å². The van der Waals surface area contributed by atoms with E-state index in [0.717, 1.165) is 11.3 Å². The van der Waals surface area contributed by atoms with E-state index in [9.17, 15) is 14.7 Å². The molecule has 4 rings (SSSR count). The maximum atomic E-state index is 13.3. The number of piperidine rings is 1. The Morgan fingerprint density at radius 1 is 1.14 bits per heavy atom. The molecule has 2 aromatic carbocycles. The van der Waals surface area contributed by atoms with E-state index in [1.807, 2.05) is 60.7 Å². The minimum Gasteiger partial charge on any atom is -0.388 e. The van der Waals surface area contributed by atoms with Gasteiger partial charge >= 0.3 is 0 Å². The van der Waals surface area contributed by atoms with Crippen molar-refractivity contribution < 1.29 is 14.7 Å². The molecule has 1 atom stereocenters. The van der Waals surface area contributed by atoms with E-state index < -0.39 is 5.60 Å². The molecule has 194 valence electrons. The third-order valence-corrected chi connectivity index (χ3v) is 6.97. The summed E-state index contributed by atoms with van der Waals surface area (Å²) in [5, 5.41) is 15.6. The number of carbonyl (C=O) groups is 2. The monoisotopic (exact) mass is 502 g/mol. The SMILES string of the molecule is C=Nc1c(C(=O)N(C)CC2(O)CCN(C(=O)[C@H](CN)Cc3ccccc3)CC2)cnn1-c1ccccc1. The average molecular weight is 503 g/mol. The van der Waals surface area contributed by atoms with Crippen molar-refractivity contribution in [2.24, 2.45) is 16.6 Å². The van der Waals surface area contributed by atoms with Crippen LogP contribution in [0.15, 0.2) is 71.9 Å². The van der Waals surface area contributed by atoms with Crippen LogP contribution in [-0.4, -0.2) is 82.0 Å². The molecule has 37 heavy (non-hydrogen) atoms. The van der Waals surface area contributed by atoms with E-state index in [-0.39, 0.29) is 30.8 Å². The number of benzene rings is 2. The number of likely N-dealkylation sites (N-methyl/N-ethyl adjacent to an activating group) is 1. The molecule has 0 saturated carbocycles. The van der Waals surface area contributed by atoms with Crippen LogP contribution in [0.5, 0.6) is 0 Å². The standard InChI is InChI=1S/C28H34N6O3/c1-30-25-24(19-31-34(25)23-11-7-4-8-12-23)27(36)32(2)20-28(37)13-15-33(16-14-28)26(35)22(18-29)17-21-9-5-3-6-10-21/h3-12,19,22,37H,1,13-18,20,29H2,2H3/t22-/m0/s1. The van der Waals surface area contributed by atoms with Crippen LogP contribution in [0.2, 0.25) is 0 Å². The largest absolute Gasteiger partial charge is 0.388 e.